The van der Waals surface area contributed by atoms with Crippen LogP contribution in [-0.4, -0.2) is 65.8 Å². The number of amides is 1. The van der Waals surface area contributed by atoms with Gasteiger partial charge in [-0.25, -0.2) is 4.39 Å². The molecular formula is C19H24F4N2O2. The van der Waals surface area contributed by atoms with Gasteiger partial charge in [0.15, 0.2) is 0 Å². The summed E-state index contributed by atoms with van der Waals surface area (Å²) < 4.78 is 50.7. The van der Waals surface area contributed by atoms with Crippen molar-refractivity contribution in [1.82, 2.24) is 9.80 Å². The summed E-state index contributed by atoms with van der Waals surface area (Å²) in [5, 5.41) is 10.6. The molecule has 0 saturated carbocycles. The van der Waals surface area contributed by atoms with Crippen LogP contribution < -0.4 is 0 Å². The second kappa shape index (κ2) is 7.75. The zero-order valence-electron chi connectivity index (χ0n) is 15.0. The first-order valence-electron chi connectivity index (χ1n) is 9.21. The molecule has 1 N–H and O–H groups in total. The molecule has 8 heteroatoms. The third kappa shape index (κ3) is 4.79. The lowest BCUT2D eigenvalue weighted by atomic mass is 9.71. The Morgan fingerprint density at radius 2 is 1.89 bits per heavy atom. The number of likely N-dealkylation sites (tertiary alicyclic amines) is 2. The molecule has 3 rings (SSSR count). The molecule has 0 bridgehead atoms. The molecule has 150 valence electrons. The molecule has 27 heavy (non-hydrogen) atoms. The average molecular weight is 388 g/mol. The van der Waals surface area contributed by atoms with Gasteiger partial charge in [0.2, 0.25) is 0 Å². The summed E-state index contributed by atoms with van der Waals surface area (Å²) in [6, 6.07) is 5.29. The number of alkyl halides is 3. The van der Waals surface area contributed by atoms with E-state index in [1.165, 1.54) is 24.3 Å². The van der Waals surface area contributed by atoms with Crippen molar-refractivity contribution in [2.75, 3.05) is 32.7 Å². The Morgan fingerprint density at radius 1 is 1.19 bits per heavy atom. The van der Waals surface area contributed by atoms with Crippen LogP contribution in [0.15, 0.2) is 24.3 Å². The highest BCUT2D eigenvalue weighted by Gasteiger charge is 2.46. The van der Waals surface area contributed by atoms with Crippen molar-refractivity contribution in [3.63, 3.8) is 0 Å². The maximum absolute atomic E-state index is 13.1. The third-order valence-electron chi connectivity index (χ3n) is 5.66. The predicted octanol–water partition coefficient (Wildman–Crippen LogP) is 3.07. The highest BCUT2D eigenvalue weighted by atomic mass is 19.4. The fraction of sp³-hybridized carbons (Fsp3) is 0.632. The quantitative estimate of drug-likeness (QED) is 0.810. The molecule has 0 unspecified atom stereocenters. The Bertz CT molecular complexity index is 665. The van der Waals surface area contributed by atoms with Crippen molar-refractivity contribution >= 4 is 5.91 Å². The lowest BCUT2D eigenvalue weighted by Gasteiger charge is -2.51. The van der Waals surface area contributed by atoms with Crippen LogP contribution in [0, 0.1) is 11.2 Å². The highest BCUT2D eigenvalue weighted by molar-refractivity contribution is 5.94. The van der Waals surface area contributed by atoms with Gasteiger partial charge in [-0.15, -0.1) is 0 Å². The molecule has 0 radical (unpaired) electrons. The number of nitrogens with zero attached hydrogens (tertiary/aromatic N) is 2. The fourth-order valence-electron chi connectivity index (χ4n) is 4.23. The molecule has 2 aliphatic rings. The molecule has 1 spiro atoms. The summed E-state index contributed by atoms with van der Waals surface area (Å²) >= 11 is 0. The van der Waals surface area contributed by atoms with Gasteiger partial charge in [-0.05, 0) is 43.5 Å². The number of aliphatic hydroxyl groups is 1. The molecule has 1 aromatic carbocycles. The molecule has 2 atom stereocenters. The van der Waals surface area contributed by atoms with E-state index in [9.17, 15) is 27.5 Å². The monoisotopic (exact) mass is 388 g/mol. The Hall–Kier alpha value is -1.67. The van der Waals surface area contributed by atoms with Gasteiger partial charge in [0.1, 0.15) is 5.82 Å². The summed E-state index contributed by atoms with van der Waals surface area (Å²) in [6.07, 6.45) is -3.99. The SMILES string of the molecule is O=C(c1ccc(F)cc1)N1CCC[C@@]2(CN(CCC(F)(F)F)CC[C@H]2O)C1. The third-order valence-corrected chi connectivity index (χ3v) is 5.66. The molecule has 2 aliphatic heterocycles. The first-order valence-corrected chi connectivity index (χ1v) is 9.21. The lowest BCUT2D eigenvalue weighted by molar-refractivity contribution is -0.144. The van der Waals surface area contributed by atoms with Gasteiger partial charge < -0.3 is 14.9 Å². The largest absolute Gasteiger partial charge is 0.392 e. The smallest absolute Gasteiger partial charge is 0.390 e. The molecule has 0 aromatic heterocycles. The van der Waals surface area contributed by atoms with Gasteiger partial charge >= 0.3 is 6.18 Å². The Labute approximate surface area is 155 Å². The Balaban J connectivity index is 1.70. The van der Waals surface area contributed by atoms with Crippen LogP contribution in [0.2, 0.25) is 0 Å². The summed E-state index contributed by atoms with van der Waals surface area (Å²) in [6.45, 7) is 1.49. The van der Waals surface area contributed by atoms with E-state index >= 15 is 0 Å². The van der Waals surface area contributed by atoms with E-state index in [1.54, 1.807) is 9.80 Å². The van der Waals surface area contributed by atoms with E-state index in [0.717, 1.165) is 0 Å². The molecule has 1 aromatic rings. The Kier molecular flexibility index (Phi) is 5.76. The maximum atomic E-state index is 13.1. The van der Waals surface area contributed by atoms with Crippen LogP contribution in [-0.2, 0) is 0 Å². The minimum absolute atomic E-state index is 0.0934. The van der Waals surface area contributed by atoms with E-state index in [1.807, 2.05) is 0 Å². The van der Waals surface area contributed by atoms with Crippen molar-refractivity contribution in [2.24, 2.45) is 5.41 Å². The fourth-order valence-corrected chi connectivity index (χ4v) is 4.23. The molecule has 2 heterocycles. The molecule has 4 nitrogen and oxygen atoms in total. The molecule has 2 saturated heterocycles. The number of piperidine rings is 2. The normalized spacial score (nSPS) is 27.1. The second-order valence-corrected chi connectivity index (χ2v) is 7.65. The van der Waals surface area contributed by atoms with Crippen LogP contribution in [0.1, 0.15) is 36.0 Å². The summed E-state index contributed by atoms with van der Waals surface area (Å²) in [4.78, 5) is 16.1. The Morgan fingerprint density at radius 3 is 2.56 bits per heavy atom. The van der Waals surface area contributed by atoms with E-state index in [-0.39, 0.29) is 12.5 Å². The zero-order valence-corrected chi connectivity index (χ0v) is 15.0. The van der Waals surface area contributed by atoms with E-state index < -0.39 is 29.9 Å². The number of rotatable bonds is 3. The van der Waals surface area contributed by atoms with Gasteiger partial charge in [0.25, 0.3) is 5.91 Å². The molecular weight excluding hydrogens is 364 g/mol. The van der Waals surface area contributed by atoms with E-state index in [4.69, 9.17) is 0 Å². The minimum atomic E-state index is -4.21. The van der Waals surface area contributed by atoms with Crippen LogP contribution in [0.25, 0.3) is 0 Å². The van der Waals surface area contributed by atoms with Crippen LogP contribution in [0.4, 0.5) is 17.6 Å². The predicted molar refractivity (Wildman–Crippen MR) is 91.7 cm³/mol. The van der Waals surface area contributed by atoms with E-state index in [0.29, 0.717) is 51.0 Å². The summed E-state index contributed by atoms with van der Waals surface area (Å²) in [7, 11) is 0. The zero-order chi connectivity index (χ0) is 19.7. The number of hydrogen-bond donors (Lipinski definition) is 1. The first kappa shape index (κ1) is 20.1. The standard InChI is InChI=1S/C19H24F4N2O2/c20-15-4-2-14(3-5-15)17(27)25-9-1-7-18(13-25)12-24(10-6-16(18)26)11-8-19(21,22)23/h2-5,16,26H,1,6-13H2/t16-,18-/m1/s1. The maximum Gasteiger partial charge on any atom is 0.390 e. The highest BCUT2D eigenvalue weighted by Crippen LogP contribution is 2.39. The van der Waals surface area contributed by atoms with E-state index in [2.05, 4.69) is 0 Å². The molecule has 1 amide bonds. The number of carbonyl (C=O) groups excluding carboxylic acids is 1. The van der Waals surface area contributed by atoms with Gasteiger partial charge in [0, 0.05) is 43.7 Å². The number of hydrogen-bond acceptors (Lipinski definition) is 3. The lowest BCUT2D eigenvalue weighted by Crippen LogP contribution is -2.60. The van der Waals surface area contributed by atoms with Gasteiger partial charge in [-0.1, -0.05) is 0 Å². The van der Waals surface area contributed by atoms with Gasteiger partial charge in [-0.2, -0.15) is 13.2 Å². The van der Waals surface area contributed by atoms with Crippen molar-refractivity contribution in [2.45, 2.75) is 38.0 Å². The first-order chi connectivity index (χ1) is 12.7. The summed E-state index contributed by atoms with van der Waals surface area (Å²) in [5.74, 6) is -0.668. The molecule has 2 fully saturated rings. The van der Waals surface area contributed by atoms with Crippen molar-refractivity contribution < 1.29 is 27.5 Å². The van der Waals surface area contributed by atoms with Crippen molar-refractivity contribution in [1.29, 1.82) is 0 Å². The topological polar surface area (TPSA) is 43.8 Å². The number of benzene rings is 1. The van der Waals surface area contributed by atoms with Gasteiger partial charge in [-0.3, -0.25) is 4.79 Å². The molecule has 0 aliphatic carbocycles. The van der Waals surface area contributed by atoms with Crippen LogP contribution in [0.5, 0.6) is 0 Å². The number of halogens is 4. The van der Waals surface area contributed by atoms with Crippen molar-refractivity contribution in [3.8, 4) is 0 Å². The second-order valence-electron chi connectivity index (χ2n) is 7.65. The van der Waals surface area contributed by atoms with Gasteiger partial charge in [0.05, 0.1) is 12.5 Å². The average Bonchev–Trinajstić information content (AvgIpc) is 2.62. The number of aliphatic hydroxyl groups excluding tert-OH is 1. The van der Waals surface area contributed by atoms with Crippen molar-refractivity contribution in [3.05, 3.63) is 35.6 Å². The minimum Gasteiger partial charge on any atom is -0.392 e. The summed E-state index contributed by atoms with van der Waals surface area (Å²) in [5.41, 5.74) is -0.245. The van der Waals surface area contributed by atoms with Crippen LogP contribution in [0.3, 0.4) is 0 Å². The number of carbonyl (C=O) groups is 1. The van der Waals surface area contributed by atoms with Crippen LogP contribution >= 0.6 is 0 Å².